The van der Waals surface area contributed by atoms with Gasteiger partial charge in [0, 0.05) is 6.42 Å². The minimum Gasteiger partial charge on any atom is -0.466 e. The zero-order valence-corrected chi connectivity index (χ0v) is 8.58. The molecule has 2 heteroatoms. The number of cyclic esters (lactones) is 1. The highest BCUT2D eigenvalue weighted by molar-refractivity contribution is 5.70. The Kier molecular flexibility index (Phi) is 2.03. The fourth-order valence-electron chi connectivity index (χ4n) is 3.94. The zero-order valence-electron chi connectivity index (χ0n) is 8.58. The molecule has 0 amide bonds. The van der Waals surface area contributed by atoms with E-state index in [4.69, 9.17) is 4.74 Å². The molecule has 0 aromatic rings. The molecule has 2 aliphatic carbocycles. The second-order valence-corrected chi connectivity index (χ2v) is 5.31. The summed E-state index contributed by atoms with van der Waals surface area (Å²) in [7, 11) is 0. The molecule has 1 aliphatic heterocycles. The molecule has 0 spiro atoms. The Morgan fingerprint density at radius 1 is 1.07 bits per heavy atom. The van der Waals surface area contributed by atoms with E-state index in [1.54, 1.807) is 0 Å². The molecule has 1 heterocycles. The molecule has 2 nitrogen and oxygen atoms in total. The summed E-state index contributed by atoms with van der Waals surface area (Å²) >= 11 is 0. The van der Waals surface area contributed by atoms with Crippen molar-refractivity contribution < 1.29 is 9.53 Å². The molecule has 4 unspecified atom stereocenters. The molecular weight excluding hydrogens is 176 g/mol. The highest BCUT2D eigenvalue weighted by Crippen LogP contribution is 2.52. The first-order valence-corrected chi connectivity index (χ1v) is 5.98. The fourth-order valence-corrected chi connectivity index (χ4v) is 3.94. The normalized spacial score (nSPS) is 46.7. The van der Waals surface area contributed by atoms with Crippen LogP contribution < -0.4 is 0 Å². The molecule has 78 valence electrons. The number of ether oxygens (including phenoxy) is 1. The maximum Gasteiger partial charge on any atom is 0.306 e. The van der Waals surface area contributed by atoms with Gasteiger partial charge in [0.25, 0.3) is 0 Å². The van der Waals surface area contributed by atoms with E-state index in [2.05, 4.69) is 0 Å². The second kappa shape index (κ2) is 3.25. The summed E-state index contributed by atoms with van der Waals surface area (Å²) in [5, 5.41) is 0. The monoisotopic (exact) mass is 194 g/mol. The summed E-state index contributed by atoms with van der Waals surface area (Å²) in [5.41, 5.74) is 0. The lowest BCUT2D eigenvalue weighted by Gasteiger charge is -2.32. The topological polar surface area (TPSA) is 26.3 Å². The van der Waals surface area contributed by atoms with Gasteiger partial charge in [-0.25, -0.2) is 0 Å². The number of hydrogen-bond donors (Lipinski definition) is 0. The third-order valence-electron chi connectivity index (χ3n) is 4.58. The van der Waals surface area contributed by atoms with Crippen LogP contribution >= 0.6 is 0 Å². The van der Waals surface area contributed by atoms with Crippen molar-refractivity contribution in [3.8, 4) is 0 Å². The van der Waals surface area contributed by atoms with Gasteiger partial charge in [0.1, 0.15) is 0 Å². The summed E-state index contributed by atoms with van der Waals surface area (Å²) in [5.74, 6) is 3.52. The minimum absolute atomic E-state index is 0.0454. The van der Waals surface area contributed by atoms with E-state index >= 15 is 0 Å². The van der Waals surface area contributed by atoms with Gasteiger partial charge in [0.05, 0.1) is 6.61 Å². The average Bonchev–Trinajstić information content (AvgIpc) is 2.78. The van der Waals surface area contributed by atoms with E-state index in [1.165, 1.54) is 25.7 Å². The number of hydrogen-bond acceptors (Lipinski definition) is 2. The van der Waals surface area contributed by atoms with Crippen LogP contribution in [-0.4, -0.2) is 12.6 Å². The van der Waals surface area contributed by atoms with Crippen molar-refractivity contribution >= 4 is 5.97 Å². The highest BCUT2D eigenvalue weighted by atomic mass is 16.5. The Labute approximate surface area is 85.0 Å². The minimum atomic E-state index is 0.0454. The lowest BCUT2D eigenvalue weighted by Crippen LogP contribution is -2.29. The van der Waals surface area contributed by atoms with Crippen LogP contribution in [-0.2, 0) is 9.53 Å². The van der Waals surface area contributed by atoms with Gasteiger partial charge < -0.3 is 4.74 Å². The smallest absolute Gasteiger partial charge is 0.306 e. The summed E-state index contributed by atoms with van der Waals surface area (Å²) in [6, 6.07) is 0. The summed E-state index contributed by atoms with van der Waals surface area (Å²) in [4.78, 5) is 11.2. The van der Waals surface area contributed by atoms with Gasteiger partial charge in [0.15, 0.2) is 0 Å². The first-order chi connectivity index (χ1) is 6.83. The first kappa shape index (κ1) is 8.75. The van der Waals surface area contributed by atoms with Crippen molar-refractivity contribution in [3.05, 3.63) is 0 Å². The third kappa shape index (κ3) is 1.35. The average molecular weight is 194 g/mol. The second-order valence-electron chi connectivity index (χ2n) is 5.31. The van der Waals surface area contributed by atoms with E-state index in [-0.39, 0.29) is 5.97 Å². The van der Waals surface area contributed by atoms with E-state index in [0.717, 1.165) is 24.2 Å². The molecule has 4 atom stereocenters. The number of esters is 1. The summed E-state index contributed by atoms with van der Waals surface area (Å²) in [6.45, 7) is 0.678. The van der Waals surface area contributed by atoms with Crippen LogP contribution in [0.1, 0.15) is 38.5 Å². The number of rotatable bonds is 1. The number of carbonyl (C=O) groups is 1. The summed E-state index contributed by atoms with van der Waals surface area (Å²) < 4.78 is 5.01. The molecule has 3 rings (SSSR count). The molecular formula is C12H18O2. The van der Waals surface area contributed by atoms with E-state index in [9.17, 15) is 4.79 Å². The largest absolute Gasteiger partial charge is 0.466 e. The van der Waals surface area contributed by atoms with Crippen LogP contribution in [0.4, 0.5) is 0 Å². The maximum absolute atomic E-state index is 11.2. The molecule has 0 aromatic heterocycles. The van der Waals surface area contributed by atoms with Crippen LogP contribution in [0.2, 0.25) is 0 Å². The van der Waals surface area contributed by atoms with Gasteiger partial charge in [0.2, 0.25) is 0 Å². The van der Waals surface area contributed by atoms with Crippen molar-refractivity contribution in [2.45, 2.75) is 38.5 Å². The van der Waals surface area contributed by atoms with Gasteiger partial charge in [-0.05, 0) is 49.4 Å². The zero-order chi connectivity index (χ0) is 9.54. The van der Waals surface area contributed by atoms with Crippen LogP contribution in [0, 0.1) is 23.7 Å². The fraction of sp³-hybridized carbons (Fsp3) is 0.917. The molecule has 3 fully saturated rings. The predicted molar refractivity (Wildman–Crippen MR) is 52.6 cm³/mol. The molecule has 2 bridgehead atoms. The standard InChI is InChI=1S/C12H18O2/c13-12-7-10(3-4-14-12)11-6-8-1-2-9(11)5-8/h8-11H,1-7H2. The van der Waals surface area contributed by atoms with Crippen LogP contribution in [0.3, 0.4) is 0 Å². The molecule has 14 heavy (non-hydrogen) atoms. The predicted octanol–water partition coefficient (Wildman–Crippen LogP) is 2.38. The van der Waals surface area contributed by atoms with Gasteiger partial charge in [-0.15, -0.1) is 0 Å². The Bertz CT molecular complexity index is 249. The maximum atomic E-state index is 11.2. The van der Waals surface area contributed by atoms with Crippen LogP contribution in [0.5, 0.6) is 0 Å². The van der Waals surface area contributed by atoms with Gasteiger partial charge in [-0.3, -0.25) is 4.79 Å². The van der Waals surface area contributed by atoms with Gasteiger partial charge in [-0.1, -0.05) is 6.42 Å². The Morgan fingerprint density at radius 2 is 2.00 bits per heavy atom. The van der Waals surface area contributed by atoms with Gasteiger partial charge >= 0.3 is 5.97 Å². The molecule has 3 aliphatic rings. The van der Waals surface area contributed by atoms with E-state index in [1.807, 2.05) is 0 Å². The van der Waals surface area contributed by atoms with Crippen molar-refractivity contribution in [1.82, 2.24) is 0 Å². The highest BCUT2D eigenvalue weighted by Gasteiger charge is 2.44. The number of carbonyl (C=O) groups excluding carboxylic acids is 1. The van der Waals surface area contributed by atoms with Crippen LogP contribution in [0.15, 0.2) is 0 Å². The van der Waals surface area contributed by atoms with Crippen molar-refractivity contribution in [2.24, 2.45) is 23.7 Å². The lowest BCUT2D eigenvalue weighted by molar-refractivity contribution is -0.150. The van der Waals surface area contributed by atoms with Crippen molar-refractivity contribution in [3.63, 3.8) is 0 Å². The SMILES string of the molecule is O=C1CC(C2CC3CCC2C3)CCO1. The Balaban J connectivity index is 1.67. The number of fused-ring (bicyclic) bond motifs is 2. The molecule has 2 saturated carbocycles. The van der Waals surface area contributed by atoms with Gasteiger partial charge in [-0.2, -0.15) is 0 Å². The molecule has 0 N–H and O–H groups in total. The first-order valence-electron chi connectivity index (χ1n) is 5.98. The molecule has 1 saturated heterocycles. The quantitative estimate of drug-likeness (QED) is 0.599. The van der Waals surface area contributed by atoms with Crippen molar-refractivity contribution in [2.75, 3.05) is 6.61 Å². The van der Waals surface area contributed by atoms with E-state index in [0.29, 0.717) is 18.9 Å². The van der Waals surface area contributed by atoms with Crippen LogP contribution in [0.25, 0.3) is 0 Å². The lowest BCUT2D eigenvalue weighted by atomic mass is 9.76. The van der Waals surface area contributed by atoms with E-state index < -0.39 is 0 Å². The Hall–Kier alpha value is -0.530. The summed E-state index contributed by atoms with van der Waals surface area (Å²) in [6.07, 6.45) is 7.57. The third-order valence-corrected chi connectivity index (χ3v) is 4.58. The molecule has 0 aromatic carbocycles. The van der Waals surface area contributed by atoms with Crippen molar-refractivity contribution in [1.29, 1.82) is 0 Å². The molecule has 0 radical (unpaired) electrons. The Morgan fingerprint density at radius 3 is 2.64 bits per heavy atom.